The number of hydrogen-bond acceptors (Lipinski definition) is 6. The van der Waals surface area contributed by atoms with Crippen molar-refractivity contribution in [3.05, 3.63) is 11.1 Å². The van der Waals surface area contributed by atoms with Gasteiger partial charge in [0.2, 0.25) is 5.78 Å². The molecule has 26 heavy (non-hydrogen) atoms. The first-order valence-corrected chi connectivity index (χ1v) is 9.82. The van der Waals surface area contributed by atoms with Crippen LogP contribution in [-0.2, 0) is 28.5 Å². The molecule has 6 nitrogen and oxygen atoms in total. The molecule has 0 aromatic rings. The average Bonchev–Trinajstić information content (AvgIpc) is 3.47. The number of cyclic esters (lactones) is 1. The minimum absolute atomic E-state index is 0.0689. The Kier molecular flexibility index (Phi) is 2.10. The number of carbonyl (C=O) groups is 2. The summed E-state index contributed by atoms with van der Waals surface area (Å²) in [5, 5.41) is 0. The van der Waals surface area contributed by atoms with Gasteiger partial charge in [0.1, 0.15) is 24.4 Å². The molecule has 0 unspecified atom stereocenters. The summed E-state index contributed by atoms with van der Waals surface area (Å²) in [5.41, 5.74) is -0.371. The second kappa shape index (κ2) is 3.69. The van der Waals surface area contributed by atoms with Crippen LogP contribution in [0.4, 0.5) is 0 Å². The summed E-state index contributed by atoms with van der Waals surface area (Å²) in [6.07, 6.45) is 1.97. The molecule has 3 saturated heterocycles. The Balaban J connectivity index is 1.40. The zero-order valence-electron chi connectivity index (χ0n) is 15.2. The molecule has 0 N–H and O–H groups in total. The van der Waals surface area contributed by atoms with Gasteiger partial charge in [0.25, 0.3) is 0 Å². The van der Waals surface area contributed by atoms with Gasteiger partial charge >= 0.3 is 5.97 Å². The highest BCUT2D eigenvalue weighted by Crippen LogP contribution is 2.81. The Morgan fingerprint density at radius 1 is 1.12 bits per heavy atom. The normalized spacial score (nSPS) is 60.3. The first-order chi connectivity index (χ1) is 12.3. The number of epoxide rings is 3. The fraction of sp³-hybridized carbons (Fsp3) is 0.800. The van der Waals surface area contributed by atoms with Gasteiger partial charge in [-0.2, -0.15) is 0 Å². The molecule has 0 amide bonds. The molecule has 0 radical (unpaired) electrons. The Bertz CT molecular complexity index is 860. The van der Waals surface area contributed by atoms with E-state index in [-0.39, 0.29) is 47.3 Å². The van der Waals surface area contributed by atoms with Crippen LogP contribution in [-0.4, -0.2) is 53.5 Å². The van der Waals surface area contributed by atoms with E-state index in [4.69, 9.17) is 18.9 Å². The lowest BCUT2D eigenvalue weighted by atomic mass is 9.47. The largest absolute Gasteiger partial charge is 0.458 e. The topological polar surface area (TPSA) is 81.0 Å². The molecule has 8 atom stereocenters. The summed E-state index contributed by atoms with van der Waals surface area (Å²) in [4.78, 5) is 25.7. The van der Waals surface area contributed by atoms with E-state index in [0.717, 1.165) is 24.0 Å². The van der Waals surface area contributed by atoms with Crippen molar-refractivity contribution in [2.45, 2.75) is 75.1 Å². The van der Waals surface area contributed by atoms with Gasteiger partial charge in [0, 0.05) is 11.0 Å². The van der Waals surface area contributed by atoms with Crippen molar-refractivity contribution < 1.29 is 28.5 Å². The van der Waals surface area contributed by atoms with Gasteiger partial charge in [-0.05, 0) is 36.7 Å². The van der Waals surface area contributed by atoms with E-state index in [0.29, 0.717) is 13.0 Å². The Morgan fingerprint density at radius 2 is 1.92 bits per heavy atom. The van der Waals surface area contributed by atoms with Crippen molar-refractivity contribution in [2.75, 3.05) is 6.61 Å². The van der Waals surface area contributed by atoms with Crippen LogP contribution >= 0.6 is 0 Å². The van der Waals surface area contributed by atoms with Crippen LogP contribution in [0.2, 0.25) is 0 Å². The molecular formula is C20H22O6. The highest BCUT2D eigenvalue weighted by Gasteiger charge is 3.00. The number of esters is 1. The summed E-state index contributed by atoms with van der Waals surface area (Å²) in [5.74, 6) is 0.252. The smallest absolute Gasteiger partial charge is 0.334 e. The Morgan fingerprint density at radius 3 is 2.69 bits per heavy atom. The third kappa shape index (κ3) is 1.10. The third-order valence-corrected chi connectivity index (χ3v) is 8.82. The summed E-state index contributed by atoms with van der Waals surface area (Å²) in [6, 6.07) is 0. The standard InChI is InChI=1S/C20H22O6/c1-8(2)18-13(25-18)14-20(26-14)17(3)5-4-9-10(7-23-15(9)21)11(17)6-12-19(20,24-12)16(18)22/h8,11-14H,4-7H2,1-3H3/t11-,12+,13-,14-,17+,18-,19-,20+/m1/s1. The van der Waals surface area contributed by atoms with Crippen molar-refractivity contribution in [3.8, 4) is 0 Å². The summed E-state index contributed by atoms with van der Waals surface area (Å²) in [7, 11) is 0. The summed E-state index contributed by atoms with van der Waals surface area (Å²) >= 11 is 0. The molecule has 2 spiro atoms. The zero-order chi connectivity index (χ0) is 17.9. The lowest BCUT2D eigenvalue weighted by molar-refractivity contribution is -0.139. The molecule has 7 rings (SSSR count). The molecule has 7 aliphatic rings. The zero-order valence-corrected chi connectivity index (χ0v) is 15.2. The van der Waals surface area contributed by atoms with Crippen molar-refractivity contribution in [2.24, 2.45) is 17.3 Å². The minimum atomic E-state index is -0.832. The molecule has 0 bridgehead atoms. The lowest BCUT2D eigenvalue weighted by Crippen LogP contribution is -2.67. The first-order valence-electron chi connectivity index (χ1n) is 9.82. The Labute approximate surface area is 151 Å². The van der Waals surface area contributed by atoms with Crippen molar-refractivity contribution >= 4 is 11.8 Å². The molecule has 0 aromatic heterocycles. The van der Waals surface area contributed by atoms with Crippen LogP contribution < -0.4 is 0 Å². The fourth-order valence-electron chi connectivity index (χ4n) is 7.41. The summed E-state index contributed by atoms with van der Waals surface area (Å²) < 4.78 is 24.1. The van der Waals surface area contributed by atoms with E-state index in [1.807, 2.05) is 13.8 Å². The van der Waals surface area contributed by atoms with Crippen LogP contribution in [0.5, 0.6) is 0 Å². The maximum absolute atomic E-state index is 13.6. The minimum Gasteiger partial charge on any atom is -0.458 e. The van der Waals surface area contributed by atoms with Gasteiger partial charge in [-0.25, -0.2) is 4.79 Å². The van der Waals surface area contributed by atoms with Crippen LogP contribution in [0.3, 0.4) is 0 Å². The highest BCUT2D eigenvalue weighted by atomic mass is 16.7. The van der Waals surface area contributed by atoms with E-state index in [2.05, 4.69) is 6.92 Å². The number of ether oxygens (including phenoxy) is 4. The van der Waals surface area contributed by atoms with E-state index < -0.39 is 16.8 Å². The number of Topliss-reactive ketones (excluding diaryl/α,β-unsaturated/α-hetero) is 1. The van der Waals surface area contributed by atoms with E-state index in [9.17, 15) is 9.59 Å². The molecule has 4 heterocycles. The molecule has 3 aliphatic carbocycles. The highest BCUT2D eigenvalue weighted by molar-refractivity contribution is 6.05. The number of rotatable bonds is 1. The average molecular weight is 358 g/mol. The summed E-state index contributed by atoms with van der Waals surface area (Å²) in [6.45, 7) is 6.72. The number of ketones is 1. The molecular weight excluding hydrogens is 336 g/mol. The van der Waals surface area contributed by atoms with Gasteiger partial charge in [0.05, 0.1) is 6.10 Å². The number of hydrogen-bond donors (Lipinski definition) is 0. The molecule has 6 heteroatoms. The van der Waals surface area contributed by atoms with E-state index >= 15 is 0 Å². The predicted molar refractivity (Wildman–Crippen MR) is 86.1 cm³/mol. The van der Waals surface area contributed by atoms with Gasteiger partial charge in [-0.3, -0.25) is 4.79 Å². The molecule has 138 valence electrons. The lowest BCUT2D eigenvalue weighted by Gasteiger charge is -2.51. The van der Waals surface area contributed by atoms with E-state index in [1.165, 1.54) is 0 Å². The van der Waals surface area contributed by atoms with Crippen molar-refractivity contribution in [3.63, 3.8) is 0 Å². The second-order valence-electron chi connectivity index (χ2n) is 9.72. The maximum Gasteiger partial charge on any atom is 0.334 e. The van der Waals surface area contributed by atoms with Crippen LogP contribution in [0, 0.1) is 17.3 Å². The van der Waals surface area contributed by atoms with Crippen molar-refractivity contribution in [1.29, 1.82) is 0 Å². The van der Waals surface area contributed by atoms with Gasteiger partial charge in [0.15, 0.2) is 11.2 Å². The number of carbonyl (C=O) groups excluding carboxylic acids is 2. The Hall–Kier alpha value is -1.24. The van der Waals surface area contributed by atoms with Crippen LogP contribution in [0.1, 0.15) is 40.0 Å². The maximum atomic E-state index is 13.6. The van der Waals surface area contributed by atoms with Gasteiger partial charge in [-0.15, -0.1) is 0 Å². The quantitative estimate of drug-likeness (QED) is 0.519. The SMILES string of the molecule is CC(C)[C@@]12O[C@@H]1[C@H]1O[C@]13[C@@]1(C)CCC4=C(COC4=O)[C@H]1C[C@@H]1O[C@@]13C2=O. The molecule has 5 fully saturated rings. The third-order valence-electron chi connectivity index (χ3n) is 8.82. The van der Waals surface area contributed by atoms with E-state index in [1.54, 1.807) is 0 Å². The molecule has 2 saturated carbocycles. The number of fused-ring (bicyclic) bond motifs is 4. The van der Waals surface area contributed by atoms with Crippen LogP contribution in [0.15, 0.2) is 11.1 Å². The van der Waals surface area contributed by atoms with Gasteiger partial charge < -0.3 is 18.9 Å². The monoisotopic (exact) mass is 358 g/mol. The van der Waals surface area contributed by atoms with Crippen molar-refractivity contribution in [1.82, 2.24) is 0 Å². The van der Waals surface area contributed by atoms with Crippen LogP contribution in [0.25, 0.3) is 0 Å². The first kappa shape index (κ1) is 14.8. The predicted octanol–water partition coefficient (Wildman–Crippen LogP) is 1.31. The second-order valence-corrected chi connectivity index (χ2v) is 9.72. The molecule has 4 aliphatic heterocycles. The fourth-order valence-corrected chi connectivity index (χ4v) is 7.41. The van der Waals surface area contributed by atoms with Gasteiger partial charge in [-0.1, -0.05) is 20.8 Å². The molecule has 0 aromatic carbocycles.